The highest BCUT2D eigenvalue weighted by molar-refractivity contribution is 6.06. The third-order valence-electron chi connectivity index (χ3n) is 5.85. The van der Waals surface area contributed by atoms with Crippen LogP contribution in [0.5, 0.6) is 11.5 Å². The van der Waals surface area contributed by atoms with E-state index >= 15 is 0 Å². The van der Waals surface area contributed by atoms with Gasteiger partial charge in [-0.15, -0.1) is 0 Å². The second-order valence-electron chi connectivity index (χ2n) is 8.47. The zero-order valence-electron chi connectivity index (χ0n) is 20.1. The van der Waals surface area contributed by atoms with E-state index in [4.69, 9.17) is 14.6 Å². The summed E-state index contributed by atoms with van der Waals surface area (Å²) in [4.78, 5) is 24.6. The first-order valence-electron chi connectivity index (χ1n) is 11.4. The molecule has 0 fully saturated rings. The van der Waals surface area contributed by atoms with Crippen LogP contribution in [0, 0.1) is 11.8 Å². The van der Waals surface area contributed by atoms with Crippen LogP contribution in [0.3, 0.4) is 0 Å². The van der Waals surface area contributed by atoms with Crippen molar-refractivity contribution in [2.24, 2.45) is 16.9 Å². The van der Waals surface area contributed by atoms with Crippen LogP contribution in [0.15, 0.2) is 47.6 Å². The number of hydrogen-bond acceptors (Lipinski definition) is 5. The molecule has 1 unspecified atom stereocenters. The maximum Gasteiger partial charge on any atom is 0.243 e. The Morgan fingerprint density at radius 3 is 2.42 bits per heavy atom. The topological polar surface area (TPSA) is 80.2 Å². The predicted molar refractivity (Wildman–Crippen MR) is 130 cm³/mol. The van der Waals surface area contributed by atoms with E-state index in [0.29, 0.717) is 30.9 Å². The van der Waals surface area contributed by atoms with Gasteiger partial charge >= 0.3 is 0 Å². The van der Waals surface area contributed by atoms with Crippen molar-refractivity contribution in [3.05, 3.63) is 53.6 Å². The minimum atomic E-state index is -0.0699. The molecular formula is C26H33N3O4. The standard InChI is InChI=1S/C26H33N3O4/c1-6-19-16-24(30)29(28-25(19)20-9-12-22(32-4)23(15-20)33-5)14-13-18-7-10-21(11-8-18)27-26(31)17(2)3/h7-12,15,17,19H,6,13-14,16H2,1-5H3,(H,27,31). The average molecular weight is 452 g/mol. The number of methoxy groups -OCH3 is 2. The Morgan fingerprint density at radius 2 is 1.82 bits per heavy atom. The summed E-state index contributed by atoms with van der Waals surface area (Å²) in [5.41, 5.74) is 3.67. The Bertz CT molecular complexity index is 1010. The van der Waals surface area contributed by atoms with Gasteiger partial charge in [0.05, 0.1) is 19.9 Å². The lowest BCUT2D eigenvalue weighted by Crippen LogP contribution is -2.38. The van der Waals surface area contributed by atoms with Crippen molar-refractivity contribution in [1.82, 2.24) is 5.01 Å². The van der Waals surface area contributed by atoms with Crippen LogP contribution in [-0.4, -0.2) is 43.3 Å². The van der Waals surface area contributed by atoms with Crippen LogP contribution in [0.1, 0.15) is 44.7 Å². The second kappa shape index (κ2) is 11.0. The van der Waals surface area contributed by atoms with Gasteiger partial charge < -0.3 is 14.8 Å². The van der Waals surface area contributed by atoms with Crippen molar-refractivity contribution >= 4 is 23.2 Å². The van der Waals surface area contributed by atoms with E-state index in [1.54, 1.807) is 19.2 Å². The zero-order valence-corrected chi connectivity index (χ0v) is 20.1. The Balaban J connectivity index is 1.75. The van der Waals surface area contributed by atoms with E-state index in [-0.39, 0.29) is 23.7 Å². The Kier molecular flexibility index (Phi) is 8.09. The first-order chi connectivity index (χ1) is 15.9. The maximum atomic E-state index is 12.8. The van der Waals surface area contributed by atoms with Crippen LogP contribution >= 0.6 is 0 Å². The molecule has 0 bridgehead atoms. The fourth-order valence-electron chi connectivity index (χ4n) is 3.76. The smallest absolute Gasteiger partial charge is 0.243 e. The van der Waals surface area contributed by atoms with Crippen molar-refractivity contribution < 1.29 is 19.1 Å². The van der Waals surface area contributed by atoms with Crippen LogP contribution in [0.2, 0.25) is 0 Å². The number of carbonyl (C=O) groups is 2. The third kappa shape index (κ3) is 5.92. The van der Waals surface area contributed by atoms with Gasteiger partial charge in [0.25, 0.3) is 0 Å². The Morgan fingerprint density at radius 1 is 1.12 bits per heavy atom. The molecule has 0 aliphatic carbocycles. The van der Waals surface area contributed by atoms with E-state index < -0.39 is 0 Å². The molecule has 176 valence electrons. The number of ether oxygens (including phenoxy) is 2. The molecule has 33 heavy (non-hydrogen) atoms. The first kappa shape index (κ1) is 24.3. The molecule has 1 N–H and O–H groups in total. The van der Waals surface area contributed by atoms with E-state index in [2.05, 4.69) is 12.2 Å². The number of benzene rings is 2. The van der Waals surface area contributed by atoms with Crippen molar-refractivity contribution in [2.45, 2.75) is 40.0 Å². The van der Waals surface area contributed by atoms with Gasteiger partial charge in [0.15, 0.2) is 11.5 Å². The van der Waals surface area contributed by atoms with Gasteiger partial charge in [0, 0.05) is 36.1 Å². The number of nitrogens with one attached hydrogen (secondary N) is 1. The lowest BCUT2D eigenvalue weighted by molar-refractivity contribution is -0.132. The summed E-state index contributed by atoms with van der Waals surface area (Å²) in [6.07, 6.45) is 1.93. The SMILES string of the molecule is CCC1CC(=O)N(CCc2ccc(NC(=O)C(C)C)cc2)N=C1c1ccc(OC)c(OC)c1. The summed E-state index contributed by atoms with van der Waals surface area (Å²) in [6, 6.07) is 13.5. The molecule has 1 atom stereocenters. The number of hydrazone groups is 1. The molecule has 0 saturated carbocycles. The van der Waals surface area contributed by atoms with Crippen molar-refractivity contribution in [2.75, 3.05) is 26.1 Å². The molecule has 2 aromatic carbocycles. The van der Waals surface area contributed by atoms with Crippen LogP contribution < -0.4 is 14.8 Å². The van der Waals surface area contributed by atoms with E-state index in [1.807, 2.05) is 56.3 Å². The van der Waals surface area contributed by atoms with Crippen LogP contribution in [-0.2, 0) is 16.0 Å². The lowest BCUT2D eigenvalue weighted by Gasteiger charge is -2.29. The highest BCUT2D eigenvalue weighted by Gasteiger charge is 2.29. The van der Waals surface area contributed by atoms with Gasteiger partial charge in [0.1, 0.15) is 0 Å². The molecule has 2 amide bonds. The van der Waals surface area contributed by atoms with E-state index in [0.717, 1.165) is 28.9 Å². The molecular weight excluding hydrogens is 418 g/mol. The minimum absolute atomic E-state index is 0.0100. The molecule has 3 rings (SSSR count). The monoisotopic (exact) mass is 451 g/mol. The lowest BCUT2D eigenvalue weighted by atomic mass is 9.89. The minimum Gasteiger partial charge on any atom is -0.493 e. The van der Waals surface area contributed by atoms with Crippen molar-refractivity contribution in [1.29, 1.82) is 0 Å². The van der Waals surface area contributed by atoms with Gasteiger partial charge in [-0.05, 0) is 48.7 Å². The number of hydrogen-bond donors (Lipinski definition) is 1. The first-order valence-corrected chi connectivity index (χ1v) is 11.4. The number of amides is 2. The normalized spacial score (nSPS) is 15.9. The molecule has 0 saturated heterocycles. The molecule has 1 aliphatic heterocycles. The number of anilines is 1. The summed E-state index contributed by atoms with van der Waals surface area (Å²) < 4.78 is 10.8. The van der Waals surface area contributed by atoms with E-state index in [9.17, 15) is 9.59 Å². The predicted octanol–water partition coefficient (Wildman–Crippen LogP) is 4.50. The summed E-state index contributed by atoms with van der Waals surface area (Å²) >= 11 is 0. The second-order valence-corrected chi connectivity index (χ2v) is 8.47. The molecule has 0 spiro atoms. The summed E-state index contributed by atoms with van der Waals surface area (Å²) in [5.74, 6) is 1.32. The molecule has 7 nitrogen and oxygen atoms in total. The molecule has 0 aromatic heterocycles. The van der Waals surface area contributed by atoms with Gasteiger partial charge in [-0.2, -0.15) is 5.10 Å². The van der Waals surface area contributed by atoms with Crippen LogP contribution in [0.4, 0.5) is 5.69 Å². The van der Waals surface area contributed by atoms with Gasteiger partial charge in [0.2, 0.25) is 11.8 Å². The summed E-state index contributed by atoms with van der Waals surface area (Å²) in [6.45, 7) is 6.28. The van der Waals surface area contributed by atoms with Gasteiger partial charge in [-0.1, -0.05) is 32.9 Å². The maximum absolute atomic E-state index is 12.8. The van der Waals surface area contributed by atoms with Crippen molar-refractivity contribution in [3.8, 4) is 11.5 Å². The van der Waals surface area contributed by atoms with E-state index in [1.165, 1.54) is 0 Å². The molecule has 1 aliphatic rings. The summed E-state index contributed by atoms with van der Waals surface area (Å²) in [7, 11) is 3.21. The number of nitrogens with zero attached hydrogens (tertiary/aromatic N) is 2. The quantitative estimate of drug-likeness (QED) is 0.609. The van der Waals surface area contributed by atoms with Crippen molar-refractivity contribution in [3.63, 3.8) is 0 Å². The fourth-order valence-corrected chi connectivity index (χ4v) is 3.76. The van der Waals surface area contributed by atoms with Crippen LogP contribution in [0.25, 0.3) is 0 Å². The molecule has 1 heterocycles. The van der Waals surface area contributed by atoms with Gasteiger partial charge in [-0.3, -0.25) is 9.59 Å². The largest absolute Gasteiger partial charge is 0.493 e. The number of rotatable bonds is 9. The highest BCUT2D eigenvalue weighted by atomic mass is 16.5. The molecule has 2 aromatic rings. The Labute approximate surface area is 195 Å². The van der Waals surface area contributed by atoms with Gasteiger partial charge in [-0.25, -0.2) is 5.01 Å². The zero-order chi connectivity index (χ0) is 24.0. The summed E-state index contributed by atoms with van der Waals surface area (Å²) in [5, 5.41) is 9.22. The molecule has 0 radical (unpaired) electrons. The molecule has 7 heteroatoms. The average Bonchev–Trinajstić information content (AvgIpc) is 2.83. The Hall–Kier alpha value is -3.35. The highest BCUT2D eigenvalue weighted by Crippen LogP contribution is 2.31. The number of carbonyl (C=O) groups excluding carboxylic acids is 2. The third-order valence-corrected chi connectivity index (χ3v) is 5.85. The fraction of sp³-hybridized carbons (Fsp3) is 0.423.